The van der Waals surface area contributed by atoms with Gasteiger partial charge in [0.1, 0.15) is 0 Å². The summed E-state index contributed by atoms with van der Waals surface area (Å²) in [6, 6.07) is 11.0. The molecule has 1 aromatic rings. The Morgan fingerprint density at radius 2 is 1.76 bits per heavy atom. The van der Waals surface area contributed by atoms with E-state index in [0.29, 0.717) is 5.41 Å². The van der Waals surface area contributed by atoms with Gasteiger partial charge in [0.15, 0.2) is 0 Å². The van der Waals surface area contributed by atoms with Gasteiger partial charge in [-0.15, -0.1) is 0 Å². The maximum absolute atomic E-state index is 6.22. The first-order valence-electron chi connectivity index (χ1n) is 8.38. The highest BCUT2D eigenvalue weighted by molar-refractivity contribution is 5.20. The normalized spacial score (nSPS) is 14.9. The van der Waals surface area contributed by atoms with E-state index in [2.05, 4.69) is 70.3 Å². The van der Waals surface area contributed by atoms with Gasteiger partial charge < -0.3 is 10.1 Å². The molecule has 2 heteroatoms. The van der Waals surface area contributed by atoms with Crippen LogP contribution in [0.3, 0.4) is 0 Å². The van der Waals surface area contributed by atoms with Gasteiger partial charge in [0.05, 0.1) is 12.1 Å². The first-order valence-corrected chi connectivity index (χ1v) is 8.38. The van der Waals surface area contributed by atoms with Crippen LogP contribution in [0.4, 0.5) is 0 Å². The second kappa shape index (κ2) is 9.22. The number of nitrogens with one attached hydrogen (secondary N) is 1. The summed E-state index contributed by atoms with van der Waals surface area (Å²) in [5.74, 6) is 0. The lowest BCUT2D eigenvalue weighted by molar-refractivity contribution is 0.0111. The van der Waals surface area contributed by atoms with E-state index in [1.807, 2.05) is 0 Å². The highest BCUT2D eigenvalue weighted by atomic mass is 16.5. The molecule has 0 bridgehead atoms. The Balaban J connectivity index is 2.69. The lowest BCUT2D eigenvalue weighted by Gasteiger charge is -2.29. The van der Waals surface area contributed by atoms with Crippen molar-refractivity contribution in [3.63, 3.8) is 0 Å². The standard InChI is InChI=1S/C19H33NO/c1-6-14-20-18(16-11-9-8-10-12-16)17(7-2)21-15-13-19(3,4)5/h8-12,17-18,20H,6-7,13-15H2,1-5H3. The van der Waals surface area contributed by atoms with Gasteiger partial charge in [0.25, 0.3) is 0 Å². The zero-order chi connectivity index (χ0) is 15.7. The molecule has 0 aliphatic heterocycles. The van der Waals surface area contributed by atoms with Crippen molar-refractivity contribution >= 4 is 0 Å². The first-order chi connectivity index (χ1) is 9.98. The van der Waals surface area contributed by atoms with Crippen LogP contribution in [0.1, 0.15) is 65.5 Å². The fraction of sp³-hybridized carbons (Fsp3) is 0.684. The van der Waals surface area contributed by atoms with Gasteiger partial charge in [0.2, 0.25) is 0 Å². The largest absolute Gasteiger partial charge is 0.376 e. The van der Waals surface area contributed by atoms with Crippen LogP contribution in [0.2, 0.25) is 0 Å². The Labute approximate surface area is 131 Å². The molecule has 0 aromatic heterocycles. The Kier molecular flexibility index (Phi) is 7.98. The summed E-state index contributed by atoms with van der Waals surface area (Å²) < 4.78 is 6.22. The summed E-state index contributed by atoms with van der Waals surface area (Å²) in [6.07, 6.45) is 3.50. The van der Waals surface area contributed by atoms with E-state index < -0.39 is 0 Å². The van der Waals surface area contributed by atoms with Gasteiger partial charge in [0, 0.05) is 6.61 Å². The van der Waals surface area contributed by atoms with Crippen molar-refractivity contribution in [2.24, 2.45) is 5.41 Å². The van der Waals surface area contributed by atoms with Crippen molar-refractivity contribution in [1.29, 1.82) is 0 Å². The topological polar surface area (TPSA) is 21.3 Å². The molecule has 0 saturated carbocycles. The third-order valence-electron chi connectivity index (χ3n) is 3.73. The summed E-state index contributed by atoms with van der Waals surface area (Å²) in [6.45, 7) is 13.1. The van der Waals surface area contributed by atoms with Crippen LogP contribution in [0.15, 0.2) is 30.3 Å². The van der Waals surface area contributed by atoms with Gasteiger partial charge in [-0.2, -0.15) is 0 Å². The van der Waals surface area contributed by atoms with E-state index in [9.17, 15) is 0 Å². The molecule has 21 heavy (non-hydrogen) atoms. The van der Waals surface area contributed by atoms with Crippen LogP contribution in [0, 0.1) is 5.41 Å². The summed E-state index contributed by atoms with van der Waals surface area (Å²) >= 11 is 0. The molecule has 0 saturated heterocycles. The minimum absolute atomic E-state index is 0.237. The van der Waals surface area contributed by atoms with Crippen LogP contribution in [-0.2, 0) is 4.74 Å². The SMILES string of the molecule is CCCNC(c1ccccc1)C(CC)OCCC(C)(C)C. The molecule has 2 atom stereocenters. The van der Waals surface area contributed by atoms with Crippen molar-refractivity contribution < 1.29 is 4.74 Å². The fourth-order valence-corrected chi connectivity index (χ4v) is 2.39. The van der Waals surface area contributed by atoms with E-state index in [1.165, 1.54) is 5.56 Å². The fourth-order valence-electron chi connectivity index (χ4n) is 2.39. The summed E-state index contributed by atoms with van der Waals surface area (Å²) in [5, 5.41) is 3.66. The molecule has 0 amide bonds. The Morgan fingerprint density at radius 1 is 1.10 bits per heavy atom. The molecule has 2 unspecified atom stereocenters. The molecule has 2 nitrogen and oxygen atoms in total. The number of rotatable bonds is 9. The van der Waals surface area contributed by atoms with Crippen LogP contribution in [-0.4, -0.2) is 19.3 Å². The van der Waals surface area contributed by atoms with E-state index in [-0.39, 0.29) is 12.1 Å². The summed E-state index contributed by atoms with van der Waals surface area (Å²) in [4.78, 5) is 0. The maximum Gasteiger partial charge on any atom is 0.0767 e. The minimum Gasteiger partial charge on any atom is -0.376 e. The molecule has 1 aromatic carbocycles. The summed E-state index contributed by atoms with van der Waals surface area (Å²) in [7, 11) is 0. The monoisotopic (exact) mass is 291 g/mol. The summed E-state index contributed by atoms with van der Waals surface area (Å²) in [5.41, 5.74) is 1.66. The predicted octanol–water partition coefficient (Wildman–Crippen LogP) is 4.96. The predicted molar refractivity (Wildman–Crippen MR) is 91.6 cm³/mol. The highest BCUT2D eigenvalue weighted by Gasteiger charge is 2.22. The second-order valence-electron chi connectivity index (χ2n) is 6.97. The minimum atomic E-state index is 0.237. The van der Waals surface area contributed by atoms with Gasteiger partial charge in [-0.05, 0) is 36.8 Å². The molecular formula is C19H33NO. The first kappa shape index (κ1) is 18.2. The van der Waals surface area contributed by atoms with Crippen molar-refractivity contribution in [2.45, 2.75) is 66.0 Å². The van der Waals surface area contributed by atoms with Gasteiger partial charge >= 0.3 is 0 Å². The molecule has 0 aliphatic carbocycles. The number of hydrogen-bond acceptors (Lipinski definition) is 2. The van der Waals surface area contributed by atoms with Gasteiger partial charge in [-0.1, -0.05) is 65.0 Å². The second-order valence-corrected chi connectivity index (χ2v) is 6.97. The average molecular weight is 291 g/mol. The Bertz CT molecular complexity index is 369. The highest BCUT2D eigenvalue weighted by Crippen LogP contribution is 2.24. The lowest BCUT2D eigenvalue weighted by atomic mass is 9.93. The average Bonchev–Trinajstić information content (AvgIpc) is 2.45. The lowest BCUT2D eigenvalue weighted by Crippen LogP contribution is -2.34. The third kappa shape index (κ3) is 7.10. The molecule has 120 valence electrons. The van der Waals surface area contributed by atoms with Crippen LogP contribution in [0.5, 0.6) is 0 Å². The van der Waals surface area contributed by atoms with Gasteiger partial charge in [-0.3, -0.25) is 0 Å². The molecule has 0 fully saturated rings. The number of ether oxygens (including phenoxy) is 1. The molecule has 0 aliphatic rings. The van der Waals surface area contributed by atoms with Crippen molar-refractivity contribution in [2.75, 3.05) is 13.2 Å². The van der Waals surface area contributed by atoms with E-state index in [0.717, 1.165) is 32.4 Å². The van der Waals surface area contributed by atoms with Crippen molar-refractivity contribution in [1.82, 2.24) is 5.32 Å². The zero-order valence-corrected chi connectivity index (χ0v) is 14.5. The molecule has 0 spiro atoms. The molecular weight excluding hydrogens is 258 g/mol. The van der Waals surface area contributed by atoms with Crippen LogP contribution < -0.4 is 5.32 Å². The van der Waals surface area contributed by atoms with E-state index >= 15 is 0 Å². The zero-order valence-electron chi connectivity index (χ0n) is 14.5. The Morgan fingerprint density at radius 3 is 2.29 bits per heavy atom. The third-order valence-corrected chi connectivity index (χ3v) is 3.73. The number of hydrogen-bond donors (Lipinski definition) is 1. The van der Waals surface area contributed by atoms with E-state index in [4.69, 9.17) is 4.74 Å². The molecule has 0 radical (unpaired) electrons. The molecule has 0 heterocycles. The van der Waals surface area contributed by atoms with Gasteiger partial charge in [-0.25, -0.2) is 0 Å². The van der Waals surface area contributed by atoms with Crippen molar-refractivity contribution in [3.8, 4) is 0 Å². The maximum atomic E-state index is 6.22. The van der Waals surface area contributed by atoms with Crippen molar-refractivity contribution in [3.05, 3.63) is 35.9 Å². The smallest absolute Gasteiger partial charge is 0.0767 e. The quantitative estimate of drug-likeness (QED) is 0.694. The van der Waals surface area contributed by atoms with Crippen LogP contribution in [0.25, 0.3) is 0 Å². The molecule has 1 rings (SSSR count). The van der Waals surface area contributed by atoms with Crippen LogP contribution >= 0.6 is 0 Å². The Hall–Kier alpha value is -0.860. The number of benzene rings is 1. The van der Waals surface area contributed by atoms with E-state index in [1.54, 1.807) is 0 Å². The molecule has 1 N–H and O–H groups in total.